The maximum Gasteiger partial charge on any atom is 0.145 e. The molecule has 0 unspecified atom stereocenters. The van der Waals surface area contributed by atoms with Crippen LogP contribution in [0.25, 0.3) is 50.4 Å². The first-order valence-corrected chi connectivity index (χ1v) is 17.8. The molecule has 0 aliphatic heterocycles. The quantitative estimate of drug-likeness (QED) is 0.152. The number of fused-ring (bicyclic) bond motifs is 1. The molecule has 0 N–H and O–H groups in total. The zero-order valence-electron chi connectivity index (χ0n) is 29.0. The molecular formula is C49H35N3O. The number of hydrogen-bond donors (Lipinski definition) is 0. The molecule has 4 nitrogen and oxygen atoms in total. The molecule has 4 heteroatoms. The van der Waals surface area contributed by atoms with Gasteiger partial charge in [-0.25, -0.2) is 4.98 Å². The van der Waals surface area contributed by atoms with E-state index < -0.39 is 0 Å². The Hall–Kier alpha value is -7.17. The highest BCUT2D eigenvalue weighted by Gasteiger charge is 2.15. The smallest absolute Gasteiger partial charge is 0.145 e. The van der Waals surface area contributed by atoms with Gasteiger partial charge in [0, 0.05) is 28.3 Å². The third-order valence-electron chi connectivity index (χ3n) is 9.48. The second kappa shape index (κ2) is 14.2. The summed E-state index contributed by atoms with van der Waals surface area (Å²) in [6, 6.07) is 73.4. The van der Waals surface area contributed by atoms with Crippen LogP contribution in [0.3, 0.4) is 0 Å². The zero-order chi connectivity index (χ0) is 35.4. The predicted molar refractivity (Wildman–Crippen MR) is 219 cm³/mol. The molecule has 8 aromatic carbocycles. The van der Waals surface area contributed by atoms with Crippen molar-refractivity contribution in [3.63, 3.8) is 0 Å². The van der Waals surface area contributed by atoms with Gasteiger partial charge in [-0.05, 0) is 107 Å². The first kappa shape index (κ1) is 31.8. The number of hydrogen-bond acceptors (Lipinski definition) is 3. The molecule has 1 aromatic heterocycles. The molecule has 0 spiro atoms. The van der Waals surface area contributed by atoms with E-state index in [1.807, 2.05) is 48.5 Å². The van der Waals surface area contributed by atoms with Gasteiger partial charge in [0.05, 0.1) is 11.0 Å². The molecule has 9 rings (SSSR count). The lowest BCUT2D eigenvalue weighted by Gasteiger charge is -2.25. The van der Waals surface area contributed by atoms with E-state index in [4.69, 9.17) is 9.72 Å². The van der Waals surface area contributed by atoms with Crippen LogP contribution < -0.4 is 9.64 Å². The van der Waals surface area contributed by atoms with E-state index in [1.165, 1.54) is 5.56 Å². The summed E-state index contributed by atoms with van der Waals surface area (Å²) in [6.45, 7) is 0. The fraction of sp³-hybridized carbons (Fsp3) is 0. The van der Waals surface area contributed by atoms with Crippen LogP contribution in [0.15, 0.2) is 212 Å². The topological polar surface area (TPSA) is 30.3 Å². The minimum atomic E-state index is 0.787. The molecule has 0 aliphatic rings. The van der Waals surface area contributed by atoms with E-state index in [1.54, 1.807) is 0 Å². The first-order chi connectivity index (χ1) is 26.3. The molecule has 0 saturated heterocycles. The van der Waals surface area contributed by atoms with Crippen molar-refractivity contribution in [1.82, 2.24) is 9.55 Å². The van der Waals surface area contributed by atoms with Crippen LogP contribution in [-0.2, 0) is 0 Å². The van der Waals surface area contributed by atoms with Crippen molar-refractivity contribution in [1.29, 1.82) is 0 Å². The minimum absolute atomic E-state index is 0.787. The number of nitrogens with zero attached hydrogens (tertiary/aromatic N) is 3. The highest BCUT2D eigenvalue weighted by Crippen LogP contribution is 2.36. The normalized spacial score (nSPS) is 11.0. The van der Waals surface area contributed by atoms with E-state index in [2.05, 4.69) is 173 Å². The summed E-state index contributed by atoms with van der Waals surface area (Å²) in [5.41, 5.74) is 12.1. The van der Waals surface area contributed by atoms with Gasteiger partial charge in [-0.1, -0.05) is 127 Å². The number of para-hydroxylation sites is 5. The Morgan fingerprint density at radius 1 is 0.358 bits per heavy atom. The molecule has 0 fully saturated rings. The lowest BCUT2D eigenvalue weighted by atomic mass is 9.99. The Balaban J connectivity index is 0.893. The van der Waals surface area contributed by atoms with Crippen molar-refractivity contribution < 1.29 is 4.74 Å². The summed E-state index contributed by atoms with van der Waals surface area (Å²) >= 11 is 0. The molecule has 0 saturated carbocycles. The molecular weight excluding hydrogens is 647 g/mol. The van der Waals surface area contributed by atoms with E-state index in [9.17, 15) is 0 Å². The van der Waals surface area contributed by atoms with Gasteiger partial charge in [0.15, 0.2) is 0 Å². The molecule has 0 bridgehead atoms. The number of benzene rings is 8. The van der Waals surface area contributed by atoms with Gasteiger partial charge in [0.2, 0.25) is 0 Å². The second-order valence-electron chi connectivity index (χ2n) is 12.9. The van der Waals surface area contributed by atoms with Gasteiger partial charge in [-0.3, -0.25) is 4.57 Å². The highest BCUT2D eigenvalue weighted by molar-refractivity contribution is 5.84. The predicted octanol–water partition coefficient (Wildman–Crippen LogP) is 13.3. The summed E-state index contributed by atoms with van der Waals surface area (Å²) in [6.07, 6.45) is 0. The third kappa shape index (κ3) is 6.58. The van der Waals surface area contributed by atoms with Gasteiger partial charge in [0.1, 0.15) is 17.3 Å². The van der Waals surface area contributed by atoms with Gasteiger partial charge < -0.3 is 9.64 Å². The average Bonchev–Trinajstić information content (AvgIpc) is 3.63. The van der Waals surface area contributed by atoms with Crippen LogP contribution in [0.5, 0.6) is 11.5 Å². The first-order valence-electron chi connectivity index (χ1n) is 17.8. The van der Waals surface area contributed by atoms with Crippen molar-refractivity contribution in [3.05, 3.63) is 212 Å². The average molecular weight is 682 g/mol. The maximum absolute atomic E-state index is 6.26. The molecule has 1 heterocycles. The Bertz CT molecular complexity index is 2540. The van der Waals surface area contributed by atoms with Crippen LogP contribution in [0.1, 0.15) is 0 Å². The lowest BCUT2D eigenvalue weighted by Crippen LogP contribution is -2.09. The van der Waals surface area contributed by atoms with Crippen molar-refractivity contribution in [2.45, 2.75) is 0 Å². The standard InChI is InChI=1S/C49H35N3O/c1-4-12-41(13-5-1)51(42-14-6-2-7-15-42)44-30-34-46(35-31-44)53-45-32-28-39(29-33-45)37-22-20-36(21-23-37)38-24-26-40(27-25-38)49-50-47-18-10-11-19-48(47)52(49)43-16-8-3-9-17-43/h1-35H. The van der Waals surface area contributed by atoms with Crippen molar-refractivity contribution >= 4 is 28.1 Å². The molecule has 0 radical (unpaired) electrons. The largest absolute Gasteiger partial charge is 0.457 e. The van der Waals surface area contributed by atoms with Crippen molar-refractivity contribution in [2.75, 3.05) is 4.90 Å². The Morgan fingerprint density at radius 3 is 1.28 bits per heavy atom. The third-order valence-corrected chi connectivity index (χ3v) is 9.48. The minimum Gasteiger partial charge on any atom is -0.457 e. The zero-order valence-corrected chi connectivity index (χ0v) is 29.0. The maximum atomic E-state index is 6.26. The number of rotatable bonds is 9. The van der Waals surface area contributed by atoms with Crippen LogP contribution in [-0.4, -0.2) is 9.55 Å². The molecule has 0 aliphatic carbocycles. The Kier molecular flexibility index (Phi) is 8.53. The van der Waals surface area contributed by atoms with Crippen LogP contribution in [0.2, 0.25) is 0 Å². The van der Waals surface area contributed by atoms with Crippen LogP contribution in [0.4, 0.5) is 17.1 Å². The van der Waals surface area contributed by atoms with Crippen molar-refractivity contribution in [2.24, 2.45) is 0 Å². The molecule has 252 valence electrons. The summed E-state index contributed by atoms with van der Waals surface area (Å²) < 4.78 is 8.49. The molecule has 0 atom stereocenters. The Morgan fingerprint density at radius 2 is 0.755 bits per heavy atom. The summed E-state index contributed by atoms with van der Waals surface area (Å²) in [5, 5.41) is 0. The number of anilines is 3. The summed E-state index contributed by atoms with van der Waals surface area (Å²) in [7, 11) is 0. The second-order valence-corrected chi connectivity index (χ2v) is 12.9. The molecule has 9 aromatic rings. The monoisotopic (exact) mass is 681 g/mol. The van der Waals surface area contributed by atoms with Gasteiger partial charge in [0.25, 0.3) is 0 Å². The molecule has 53 heavy (non-hydrogen) atoms. The van der Waals surface area contributed by atoms with Gasteiger partial charge in [-0.15, -0.1) is 0 Å². The van der Waals surface area contributed by atoms with E-state index in [0.29, 0.717) is 0 Å². The molecule has 0 amide bonds. The van der Waals surface area contributed by atoms with Crippen LogP contribution >= 0.6 is 0 Å². The highest BCUT2D eigenvalue weighted by atomic mass is 16.5. The van der Waals surface area contributed by atoms with Gasteiger partial charge in [-0.2, -0.15) is 0 Å². The van der Waals surface area contributed by atoms with E-state index in [-0.39, 0.29) is 0 Å². The summed E-state index contributed by atoms with van der Waals surface area (Å²) in [4.78, 5) is 7.26. The summed E-state index contributed by atoms with van der Waals surface area (Å²) in [5.74, 6) is 2.51. The van der Waals surface area contributed by atoms with E-state index in [0.717, 1.165) is 73.4 Å². The SMILES string of the molecule is c1ccc(N(c2ccccc2)c2ccc(Oc3ccc(-c4ccc(-c5ccc(-c6nc7ccccc7n6-c6ccccc6)cc5)cc4)cc3)cc2)cc1. The van der Waals surface area contributed by atoms with Crippen molar-refractivity contribution in [3.8, 4) is 50.8 Å². The fourth-order valence-corrected chi connectivity index (χ4v) is 6.84. The number of ether oxygens (including phenoxy) is 1. The van der Waals surface area contributed by atoms with Gasteiger partial charge >= 0.3 is 0 Å². The number of aromatic nitrogens is 2. The Labute approximate surface area is 309 Å². The van der Waals surface area contributed by atoms with Crippen LogP contribution in [0, 0.1) is 0 Å². The lowest BCUT2D eigenvalue weighted by molar-refractivity contribution is 0.483. The number of imidazole rings is 1. The fourth-order valence-electron chi connectivity index (χ4n) is 6.84. The van der Waals surface area contributed by atoms with E-state index >= 15 is 0 Å².